The fraction of sp³-hybridized carbons (Fsp3) is 0.192. The number of amides is 2. The van der Waals surface area contributed by atoms with Crippen molar-refractivity contribution in [2.75, 3.05) is 18.6 Å². The van der Waals surface area contributed by atoms with Crippen molar-refractivity contribution in [2.45, 2.75) is 13.0 Å². The number of fused-ring (bicyclic) bond motifs is 1. The number of nitrogens with one attached hydrogen (secondary N) is 1. The molecule has 4 aromatic rings. The van der Waals surface area contributed by atoms with E-state index in [1.165, 1.54) is 0 Å². The molecule has 5 rings (SSSR count). The van der Waals surface area contributed by atoms with E-state index < -0.39 is 5.92 Å². The van der Waals surface area contributed by atoms with Gasteiger partial charge in [-0.3, -0.25) is 9.59 Å². The van der Waals surface area contributed by atoms with Crippen LogP contribution in [0.4, 0.5) is 5.69 Å². The SMILES string of the molecule is COc1cccc(N2CC(C(=O)NCc3cc(-c4ccc5ccccc5c4)on3)CC2=O)c1. The Morgan fingerprint density at radius 3 is 2.79 bits per heavy atom. The third-order valence-electron chi connectivity index (χ3n) is 5.90. The van der Waals surface area contributed by atoms with E-state index in [1.807, 2.05) is 54.6 Å². The minimum absolute atomic E-state index is 0.0802. The number of nitrogens with zero attached hydrogens (tertiary/aromatic N) is 2. The predicted molar refractivity (Wildman–Crippen MR) is 125 cm³/mol. The van der Waals surface area contributed by atoms with Crippen LogP contribution < -0.4 is 15.0 Å². The summed E-state index contributed by atoms with van der Waals surface area (Å²) in [5.41, 5.74) is 2.28. The Morgan fingerprint density at radius 1 is 1.09 bits per heavy atom. The lowest BCUT2D eigenvalue weighted by Crippen LogP contribution is -2.32. The van der Waals surface area contributed by atoms with Crippen molar-refractivity contribution in [1.29, 1.82) is 0 Å². The maximum absolute atomic E-state index is 12.7. The lowest BCUT2D eigenvalue weighted by atomic mass is 10.1. The Balaban J connectivity index is 1.21. The fourth-order valence-electron chi connectivity index (χ4n) is 4.11. The molecular formula is C26H23N3O4. The molecule has 2 heterocycles. The summed E-state index contributed by atoms with van der Waals surface area (Å²) < 4.78 is 10.7. The summed E-state index contributed by atoms with van der Waals surface area (Å²) >= 11 is 0. The first-order chi connectivity index (χ1) is 16.1. The molecule has 7 heteroatoms. The third-order valence-corrected chi connectivity index (χ3v) is 5.90. The molecule has 1 saturated heterocycles. The van der Waals surface area contributed by atoms with E-state index in [9.17, 15) is 9.59 Å². The summed E-state index contributed by atoms with van der Waals surface area (Å²) in [5, 5.41) is 9.25. The van der Waals surface area contributed by atoms with Gasteiger partial charge in [0, 0.05) is 36.3 Å². The molecule has 1 atom stereocenters. The second kappa shape index (κ2) is 8.78. The highest BCUT2D eigenvalue weighted by molar-refractivity contribution is 6.00. The fourth-order valence-corrected chi connectivity index (χ4v) is 4.11. The number of hydrogen-bond acceptors (Lipinski definition) is 5. The number of hydrogen-bond donors (Lipinski definition) is 1. The van der Waals surface area contributed by atoms with Crippen LogP contribution in [-0.4, -0.2) is 30.6 Å². The highest BCUT2D eigenvalue weighted by Crippen LogP contribution is 2.28. The van der Waals surface area contributed by atoms with Gasteiger partial charge in [-0.25, -0.2) is 0 Å². The van der Waals surface area contributed by atoms with E-state index in [1.54, 1.807) is 18.1 Å². The second-order valence-corrected chi connectivity index (χ2v) is 8.07. The molecule has 1 unspecified atom stereocenters. The number of rotatable bonds is 6. The van der Waals surface area contributed by atoms with Crippen molar-refractivity contribution in [2.24, 2.45) is 5.92 Å². The Hall–Kier alpha value is -4.13. The van der Waals surface area contributed by atoms with Gasteiger partial charge < -0.3 is 19.5 Å². The highest BCUT2D eigenvalue weighted by Gasteiger charge is 2.35. The second-order valence-electron chi connectivity index (χ2n) is 8.07. The van der Waals surface area contributed by atoms with Crippen molar-refractivity contribution in [3.63, 3.8) is 0 Å². The van der Waals surface area contributed by atoms with Gasteiger partial charge in [0.25, 0.3) is 0 Å². The molecule has 0 saturated carbocycles. The molecule has 33 heavy (non-hydrogen) atoms. The van der Waals surface area contributed by atoms with Crippen LogP contribution in [0, 0.1) is 5.92 Å². The molecule has 166 valence electrons. The van der Waals surface area contributed by atoms with Crippen LogP contribution in [0.25, 0.3) is 22.1 Å². The number of aromatic nitrogens is 1. The van der Waals surface area contributed by atoms with E-state index >= 15 is 0 Å². The summed E-state index contributed by atoms with van der Waals surface area (Å²) in [5.74, 6) is 0.634. The van der Waals surface area contributed by atoms with Gasteiger partial charge in [-0.05, 0) is 29.0 Å². The average molecular weight is 441 g/mol. The topological polar surface area (TPSA) is 84.7 Å². The molecule has 1 N–H and O–H groups in total. The van der Waals surface area contributed by atoms with Crippen molar-refractivity contribution in [3.05, 3.63) is 78.5 Å². The average Bonchev–Trinajstić information content (AvgIpc) is 3.49. The molecule has 3 aromatic carbocycles. The van der Waals surface area contributed by atoms with E-state index in [4.69, 9.17) is 9.26 Å². The van der Waals surface area contributed by atoms with E-state index in [0.29, 0.717) is 23.7 Å². The van der Waals surface area contributed by atoms with Gasteiger partial charge in [-0.15, -0.1) is 0 Å². The lowest BCUT2D eigenvalue weighted by molar-refractivity contribution is -0.126. The van der Waals surface area contributed by atoms with Crippen molar-refractivity contribution >= 4 is 28.3 Å². The largest absolute Gasteiger partial charge is 0.497 e. The third kappa shape index (κ3) is 4.30. The molecule has 2 amide bonds. The Morgan fingerprint density at radius 2 is 1.94 bits per heavy atom. The van der Waals surface area contributed by atoms with Crippen molar-refractivity contribution in [1.82, 2.24) is 10.5 Å². The number of carbonyl (C=O) groups is 2. The minimum Gasteiger partial charge on any atom is -0.497 e. The standard InChI is InChI=1S/C26H23N3O4/c1-32-23-8-4-7-22(14-23)29-16-20(12-25(29)30)26(31)27-15-21-13-24(33-28-21)19-10-9-17-5-2-3-6-18(17)11-19/h2-11,13-14,20H,12,15-16H2,1H3,(H,27,31). The molecule has 0 aliphatic carbocycles. The van der Waals surface area contributed by atoms with Crippen LogP contribution >= 0.6 is 0 Å². The van der Waals surface area contributed by atoms with Crippen LogP contribution in [0.2, 0.25) is 0 Å². The van der Waals surface area contributed by atoms with E-state index in [2.05, 4.69) is 22.6 Å². The summed E-state index contributed by atoms with van der Waals surface area (Å²) in [6.07, 6.45) is 0.171. The zero-order chi connectivity index (χ0) is 22.8. The predicted octanol–water partition coefficient (Wildman–Crippen LogP) is 4.17. The van der Waals surface area contributed by atoms with Gasteiger partial charge in [-0.2, -0.15) is 0 Å². The number of benzene rings is 3. The number of ether oxygens (including phenoxy) is 1. The van der Waals surface area contributed by atoms with E-state index in [0.717, 1.165) is 22.0 Å². The van der Waals surface area contributed by atoms with Gasteiger partial charge in [0.05, 0.1) is 19.6 Å². The normalized spacial score (nSPS) is 15.7. The zero-order valence-electron chi connectivity index (χ0n) is 18.2. The summed E-state index contributed by atoms with van der Waals surface area (Å²) in [4.78, 5) is 26.8. The van der Waals surface area contributed by atoms with Crippen LogP contribution in [0.3, 0.4) is 0 Å². The van der Waals surface area contributed by atoms with Crippen LogP contribution in [0.5, 0.6) is 5.75 Å². The maximum atomic E-state index is 12.7. The summed E-state index contributed by atoms with van der Waals surface area (Å²) in [7, 11) is 1.58. The molecule has 1 fully saturated rings. The lowest BCUT2D eigenvalue weighted by Gasteiger charge is -2.17. The number of methoxy groups -OCH3 is 1. The molecule has 0 radical (unpaired) electrons. The quantitative estimate of drug-likeness (QED) is 0.485. The molecule has 1 aromatic heterocycles. The van der Waals surface area contributed by atoms with Crippen LogP contribution in [0.1, 0.15) is 12.1 Å². The first kappa shape index (κ1) is 20.8. The first-order valence-electron chi connectivity index (χ1n) is 10.8. The monoisotopic (exact) mass is 441 g/mol. The number of anilines is 1. The smallest absolute Gasteiger partial charge is 0.227 e. The van der Waals surface area contributed by atoms with Gasteiger partial charge in [0.2, 0.25) is 11.8 Å². The molecule has 7 nitrogen and oxygen atoms in total. The molecule has 0 bridgehead atoms. The Labute approximate surface area is 190 Å². The molecule has 0 spiro atoms. The Kier molecular flexibility index (Phi) is 5.52. The van der Waals surface area contributed by atoms with Crippen LogP contribution in [-0.2, 0) is 16.1 Å². The van der Waals surface area contributed by atoms with Crippen molar-refractivity contribution in [3.8, 4) is 17.1 Å². The Bertz CT molecular complexity index is 1330. The van der Waals surface area contributed by atoms with Gasteiger partial charge >= 0.3 is 0 Å². The maximum Gasteiger partial charge on any atom is 0.227 e. The van der Waals surface area contributed by atoms with Crippen molar-refractivity contribution < 1.29 is 18.8 Å². The molecule has 1 aliphatic heterocycles. The van der Waals surface area contributed by atoms with Gasteiger partial charge in [-0.1, -0.05) is 47.6 Å². The summed E-state index contributed by atoms with van der Waals surface area (Å²) in [6, 6.07) is 23.3. The molecular weight excluding hydrogens is 418 g/mol. The number of carbonyl (C=O) groups excluding carboxylic acids is 2. The van der Waals surface area contributed by atoms with E-state index in [-0.39, 0.29) is 24.8 Å². The molecule has 1 aliphatic rings. The summed E-state index contributed by atoms with van der Waals surface area (Å²) in [6.45, 7) is 0.568. The van der Waals surface area contributed by atoms with Gasteiger partial charge in [0.1, 0.15) is 11.4 Å². The zero-order valence-corrected chi connectivity index (χ0v) is 18.2. The highest BCUT2D eigenvalue weighted by atomic mass is 16.5. The van der Waals surface area contributed by atoms with Crippen LogP contribution in [0.15, 0.2) is 77.3 Å². The minimum atomic E-state index is -0.421. The first-order valence-corrected chi connectivity index (χ1v) is 10.8. The van der Waals surface area contributed by atoms with Gasteiger partial charge in [0.15, 0.2) is 5.76 Å².